The van der Waals surface area contributed by atoms with Crippen LogP contribution in [0.5, 0.6) is 0 Å². The molecule has 0 amide bonds. The Morgan fingerprint density at radius 1 is 1.31 bits per heavy atom. The van der Waals surface area contributed by atoms with Gasteiger partial charge < -0.3 is 0 Å². The minimum absolute atomic E-state index is 0.205. The van der Waals surface area contributed by atoms with E-state index in [4.69, 9.17) is 0 Å². The highest BCUT2D eigenvalue weighted by atomic mass is 16.1. The van der Waals surface area contributed by atoms with Gasteiger partial charge >= 0.3 is 0 Å². The summed E-state index contributed by atoms with van der Waals surface area (Å²) in [5.74, 6) is 0.205. The molecule has 0 aliphatic heterocycles. The third-order valence-corrected chi connectivity index (χ3v) is 2.43. The summed E-state index contributed by atoms with van der Waals surface area (Å²) in [4.78, 5) is 11.1. The van der Waals surface area contributed by atoms with Crippen molar-refractivity contribution in [1.29, 1.82) is 0 Å². The summed E-state index contributed by atoms with van der Waals surface area (Å²) >= 11 is 0. The zero-order valence-corrected chi connectivity index (χ0v) is 7.71. The number of benzene rings is 1. The third-order valence-electron chi connectivity index (χ3n) is 2.43. The smallest absolute Gasteiger partial charge is 0.160 e. The number of carbonyl (C=O) groups excluding carboxylic acids is 1. The van der Waals surface area contributed by atoms with Gasteiger partial charge in [0.1, 0.15) is 0 Å². The molecule has 0 aromatic heterocycles. The molecule has 0 radical (unpaired) electrons. The molecule has 0 N–H and O–H groups in total. The summed E-state index contributed by atoms with van der Waals surface area (Å²) in [6.45, 7) is 2.14. The topological polar surface area (TPSA) is 17.1 Å². The van der Waals surface area contributed by atoms with Crippen LogP contribution in [0.1, 0.15) is 23.6 Å². The minimum atomic E-state index is 0.205. The van der Waals surface area contributed by atoms with E-state index in [0.717, 1.165) is 12.0 Å². The first-order valence-corrected chi connectivity index (χ1v) is 4.62. The molecule has 0 heterocycles. The number of aryl methyl sites for hydroxylation is 1. The molecule has 0 atom stereocenters. The molecule has 1 nitrogen and oxygen atoms in total. The van der Waals surface area contributed by atoms with Crippen molar-refractivity contribution in [3.05, 3.63) is 41.0 Å². The first kappa shape index (κ1) is 8.24. The van der Waals surface area contributed by atoms with Crippen LogP contribution in [0.4, 0.5) is 0 Å². The van der Waals surface area contributed by atoms with Gasteiger partial charge in [-0.05, 0) is 29.2 Å². The number of ketones is 1. The molecule has 0 saturated carbocycles. The predicted molar refractivity (Wildman–Crippen MR) is 53.6 cm³/mol. The minimum Gasteiger partial charge on any atom is -0.294 e. The van der Waals surface area contributed by atoms with E-state index in [1.54, 1.807) is 6.08 Å². The van der Waals surface area contributed by atoms with Crippen LogP contribution < -0.4 is 0 Å². The quantitative estimate of drug-likeness (QED) is 0.635. The summed E-state index contributed by atoms with van der Waals surface area (Å²) in [6.07, 6.45) is 5.20. The number of carbonyl (C=O) groups is 1. The highest BCUT2D eigenvalue weighted by molar-refractivity contribution is 5.98. The van der Waals surface area contributed by atoms with Crippen LogP contribution in [0.25, 0.3) is 6.08 Å². The maximum absolute atomic E-state index is 11.1. The van der Waals surface area contributed by atoms with E-state index in [-0.39, 0.29) is 5.78 Å². The van der Waals surface area contributed by atoms with Crippen LogP contribution in [0.2, 0.25) is 0 Å². The first-order valence-electron chi connectivity index (χ1n) is 4.62. The zero-order chi connectivity index (χ0) is 9.26. The van der Waals surface area contributed by atoms with Gasteiger partial charge in [0.2, 0.25) is 0 Å². The maximum atomic E-state index is 11.1. The molecule has 0 saturated heterocycles. The third kappa shape index (κ3) is 1.55. The molecule has 1 aliphatic carbocycles. The average Bonchev–Trinajstić information content (AvgIpc) is 2.17. The number of hydrogen-bond acceptors (Lipinski definition) is 1. The lowest BCUT2D eigenvalue weighted by Gasteiger charge is -2.10. The second kappa shape index (κ2) is 3.17. The first-order chi connectivity index (χ1) is 6.29. The molecule has 0 unspecified atom stereocenters. The van der Waals surface area contributed by atoms with Crippen LogP contribution >= 0.6 is 0 Å². The average molecular weight is 172 g/mol. The van der Waals surface area contributed by atoms with Crippen molar-refractivity contribution in [1.82, 2.24) is 0 Å². The maximum Gasteiger partial charge on any atom is 0.160 e. The Morgan fingerprint density at radius 2 is 2.15 bits per heavy atom. The summed E-state index contributed by atoms with van der Waals surface area (Å²) < 4.78 is 0. The van der Waals surface area contributed by atoms with Crippen LogP contribution in [0, 0.1) is 0 Å². The Labute approximate surface area is 78.1 Å². The number of rotatable bonds is 1. The van der Waals surface area contributed by atoms with Crippen molar-refractivity contribution in [2.24, 2.45) is 0 Å². The Morgan fingerprint density at radius 3 is 2.92 bits per heavy atom. The van der Waals surface area contributed by atoms with Crippen molar-refractivity contribution >= 4 is 11.9 Å². The number of allylic oxidation sites excluding steroid dienone is 1. The van der Waals surface area contributed by atoms with Gasteiger partial charge in [0, 0.05) is 6.42 Å². The van der Waals surface area contributed by atoms with E-state index in [1.807, 2.05) is 6.08 Å². The molecule has 13 heavy (non-hydrogen) atoms. The fourth-order valence-corrected chi connectivity index (χ4v) is 1.61. The highest BCUT2D eigenvalue weighted by Gasteiger charge is 2.09. The molecule has 0 bridgehead atoms. The fraction of sp³-hybridized carbons (Fsp3) is 0.250. The van der Waals surface area contributed by atoms with Gasteiger partial charge in [0.25, 0.3) is 0 Å². The molecule has 1 aromatic rings. The number of hydrogen-bond donors (Lipinski definition) is 0. The van der Waals surface area contributed by atoms with Crippen molar-refractivity contribution in [2.75, 3.05) is 0 Å². The van der Waals surface area contributed by atoms with Gasteiger partial charge in [-0.25, -0.2) is 0 Å². The molecular weight excluding hydrogens is 160 g/mol. The molecule has 0 spiro atoms. The van der Waals surface area contributed by atoms with E-state index in [0.29, 0.717) is 6.42 Å². The van der Waals surface area contributed by atoms with Crippen molar-refractivity contribution in [3.8, 4) is 0 Å². The molecule has 0 fully saturated rings. The Kier molecular flexibility index (Phi) is 2.01. The number of fused-ring (bicyclic) bond motifs is 1. The van der Waals surface area contributed by atoms with Crippen LogP contribution in [-0.4, -0.2) is 5.78 Å². The van der Waals surface area contributed by atoms with Gasteiger partial charge in [0.05, 0.1) is 0 Å². The molecule has 1 aromatic carbocycles. The predicted octanol–water partition coefficient (Wildman–Crippen LogP) is 2.39. The normalized spacial score (nSPS) is 14.4. The fourth-order valence-electron chi connectivity index (χ4n) is 1.61. The van der Waals surface area contributed by atoms with Crippen LogP contribution in [0.15, 0.2) is 24.3 Å². The van der Waals surface area contributed by atoms with E-state index in [1.165, 1.54) is 11.1 Å². The van der Waals surface area contributed by atoms with E-state index in [2.05, 4.69) is 25.1 Å². The monoisotopic (exact) mass is 172 g/mol. The summed E-state index contributed by atoms with van der Waals surface area (Å²) in [7, 11) is 0. The Hall–Kier alpha value is -1.37. The molecule has 2 rings (SSSR count). The van der Waals surface area contributed by atoms with Gasteiger partial charge in [-0.2, -0.15) is 0 Å². The lowest BCUT2D eigenvalue weighted by atomic mass is 9.94. The standard InChI is InChI=1S/C12H12O/c1-2-9-3-4-11-8-12(13)6-5-10(11)7-9/h3-7H,2,8H2,1H3. The van der Waals surface area contributed by atoms with Crippen molar-refractivity contribution in [2.45, 2.75) is 19.8 Å². The Balaban J connectivity index is 2.45. The lowest BCUT2D eigenvalue weighted by molar-refractivity contribution is -0.114. The van der Waals surface area contributed by atoms with Crippen LogP contribution in [-0.2, 0) is 17.6 Å². The molecule has 1 heteroatoms. The SMILES string of the molecule is CCc1ccc2c(c1)C=CC(=O)C2. The zero-order valence-electron chi connectivity index (χ0n) is 7.71. The second-order valence-corrected chi connectivity index (χ2v) is 3.36. The van der Waals surface area contributed by atoms with Gasteiger partial charge in [-0.1, -0.05) is 31.2 Å². The molecule has 1 aliphatic rings. The van der Waals surface area contributed by atoms with Gasteiger partial charge in [-0.3, -0.25) is 4.79 Å². The molecular formula is C12H12O. The lowest BCUT2D eigenvalue weighted by Crippen LogP contribution is -2.05. The second-order valence-electron chi connectivity index (χ2n) is 3.36. The van der Waals surface area contributed by atoms with E-state index < -0.39 is 0 Å². The van der Waals surface area contributed by atoms with Crippen molar-refractivity contribution in [3.63, 3.8) is 0 Å². The Bertz CT molecular complexity index is 375. The summed E-state index contributed by atoms with van der Waals surface area (Å²) in [5, 5.41) is 0. The highest BCUT2D eigenvalue weighted by Crippen LogP contribution is 2.19. The van der Waals surface area contributed by atoms with Crippen LogP contribution in [0.3, 0.4) is 0 Å². The van der Waals surface area contributed by atoms with Crippen molar-refractivity contribution < 1.29 is 4.79 Å². The van der Waals surface area contributed by atoms with Gasteiger partial charge in [0.15, 0.2) is 5.78 Å². The molecule has 66 valence electrons. The largest absolute Gasteiger partial charge is 0.294 e. The summed E-state index contributed by atoms with van der Waals surface area (Å²) in [6, 6.07) is 6.33. The van der Waals surface area contributed by atoms with E-state index >= 15 is 0 Å². The van der Waals surface area contributed by atoms with Gasteiger partial charge in [-0.15, -0.1) is 0 Å². The summed E-state index contributed by atoms with van der Waals surface area (Å²) in [5.41, 5.74) is 3.70. The van der Waals surface area contributed by atoms with E-state index in [9.17, 15) is 4.79 Å².